The number of benzene rings is 1. The lowest BCUT2D eigenvalue weighted by molar-refractivity contribution is 0.0847. The van der Waals surface area contributed by atoms with Crippen LogP contribution in [-0.2, 0) is 14.8 Å². The first-order chi connectivity index (χ1) is 14.2. The summed E-state index contributed by atoms with van der Waals surface area (Å²) >= 11 is 1.53. The molecule has 1 saturated heterocycles. The van der Waals surface area contributed by atoms with E-state index in [1.807, 2.05) is 32.2 Å². The maximum atomic E-state index is 12.7. The fourth-order valence-electron chi connectivity index (χ4n) is 3.21. The summed E-state index contributed by atoms with van der Waals surface area (Å²) in [6.45, 7) is 7.46. The lowest BCUT2D eigenvalue weighted by Crippen LogP contribution is -2.46. The third-order valence-corrected chi connectivity index (χ3v) is 7.10. The van der Waals surface area contributed by atoms with Gasteiger partial charge < -0.3 is 10.1 Å². The number of hydrogen-bond acceptors (Lipinski definition) is 8. The Labute approximate surface area is 180 Å². The highest BCUT2D eigenvalue weighted by molar-refractivity contribution is 7.89. The van der Waals surface area contributed by atoms with Crippen LogP contribution in [0.25, 0.3) is 21.3 Å². The number of sulfonamides is 1. The van der Waals surface area contributed by atoms with Crippen molar-refractivity contribution in [2.24, 2.45) is 0 Å². The van der Waals surface area contributed by atoms with E-state index in [-0.39, 0.29) is 11.1 Å². The van der Waals surface area contributed by atoms with Gasteiger partial charge in [-0.15, -0.1) is 11.3 Å². The quantitative estimate of drug-likeness (QED) is 0.552. The molecule has 1 aliphatic heterocycles. The minimum atomic E-state index is -3.63. The second-order valence-corrected chi connectivity index (χ2v) is 10.8. The largest absolute Gasteiger partial charge is 0.377 e. The number of anilines is 1. The predicted molar refractivity (Wildman–Crippen MR) is 119 cm³/mol. The van der Waals surface area contributed by atoms with Gasteiger partial charge in [0.1, 0.15) is 6.17 Å². The van der Waals surface area contributed by atoms with Crippen molar-refractivity contribution in [2.45, 2.75) is 37.4 Å². The van der Waals surface area contributed by atoms with Crippen LogP contribution in [0.5, 0.6) is 0 Å². The van der Waals surface area contributed by atoms with E-state index in [9.17, 15) is 8.42 Å². The van der Waals surface area contributed by atoms with Crippen molar-refractivity contribution in [3.05, 3.63) is 35.8 Å². The number of aromatic nitrogens is 2. The van der Waals surface area contributed by atoms with Gasteiger partial charge in [-0.1, -0.05) is 12.1 Å². The highest BCUT2D eigenvalue weighted by atomic mass is 32.2. The van der Waals surface area contributed by atoms with Crippen LogP contribution in [0, 0.1) is 0 Å². The fraction of sp³-hybridized carbons (Fsp3) is 0.400. The Bertz CT molecular complexity index is 1150. The number of nitrogens with one attached hydrogen (secondary N) is 3. The van der Waals surface area contributed by atoms with Crippen LogP contribution in [-0.4, -0.2) is 49.8 Å². The van der Waals surface area contributed by atoms with Gasteiger partial charge in [-0.05, 0) is 38.5 Å². The lowest BCUT2D eigenvalue weighted by Gasteiger charge is -2.24. The molecule has 0 aliphatic carbocycles. The summed E-state index contributed by atoms with van der Waals surface area (Å²) in [5.41, 5.74) is 1.89. The summed E-state index contributed by atoms with van der Waals surface area (Å²) in [5.74, 6) is 0.503. The zero-order valence-corrected chi connectivity index (χ0v) is 18.7. The second kappa shape index (κ2) is 8.20. The van der Waals surface area contributed by atoms with Crippen LogP contribution in [0.3, 0.4) is 0 Å². The van der Waals surface area contributed by atoms with E-state index in [0.29, 0.717) is 19.2 Å². The molecule has 1 atom stereocenters. The van der Waals surface area contributed by atoms with Crippen molar-refractivity contribution >= 4 is 37.5 Å². The molecule has 1 aliphatic rings. The van der Waals surface area contributed by atoms with Crippen LogP contribution < -0.4 is 15.4 Å². The second-order valence-electron chi connectivity index (χ2n) is 8.17. The summed E-state index contributed by atoms with van der Waals surface area (Å²) in [5, 5.41) is 8.53. The van der Waals surface area contributed by atoms with Gasteiger partial charge in [-0.25, -0.2) is 23.1 Å². The SMILES string of the molecule is CC(C)(C)NS(=O)(=O)c1cccc(-c2csc3cnc(NC4COCCN4)nc23)c1. The minimum absolute atomic E-state index is 0.0461. The van der Waals surface area contributed by atoms with E-state index in [1.54, 1.807) is 24.4 Å². The van der Waals surface area contributed by atoms with E-state index < -0.39 is 15.6 Å². The first-order valence-electron chi connectivity index (χ1n) is 9.68. The maximum Gasteiger partial charge on any atom is 0.241 e. The van der Waals surface area contributed by atoms with Gasteiger partial charge in [-0.3, -0.25) is 5.32 Å². The third kappa shape index (κ3) is 4.79. The number of fused-ring (bicyclic) bond motifs is 1. The Kier molecular flexibility index (Phi) is 5.78. The Hall–Kier alpha value is -2.11. The van der Waals surface area contributed by atoms with Crippen LogP contribution in [0.1, 0.15) is 20.8 Å². The van der Waals surface area contributed by atoms with Crippen molar-refractivity contribution in [3.8, 4) is 11.1 Å². The van der Waals surface area contributed by atoms with Crippen LogP contribution in [0.15, 0.2) is 40.7 Å². The smallest absolute Gasteiger partial charge is 0.241 e. The van der Waals surface area contributed by atoms with E-state index >= 15 is 0 Å². The van der Waals surface area contributed by atoms with Crippen LogP contribution in [0.2, 0.25) is 0 Å². The molecule has 0 amide bonds. The highest BCUT2D eigenvalue weighted by Crippen LogP contribution is 2.34. The topological polar surface area (TPSA) is 105 Å². The number of hydrogen-bond donors (Lipinski definition) is 3. The molecular formula is C20H25N5O3S2. The standard InChI is InChI=1S/C20H25N5O3S2/c1-20(2,3)25-30(26,27)14-6-4-5-13(9-14)15-12-29-16-10-22-19(24-18(15)16)23-17-11-28-8-7-21-17/h4-6,9-10,12,17,21,25H,7-8,11H2,1-3H3,(H,22,23,24). The summed E-state index contributed by atoms with van der Waals surface area (Å²) in [6, 6.07) is 6.92. The molecule has 160 valence electrons. The van der Waals surface area contributed by atoms with E-state index in [2.05, 4.69) is 25.3 Å². The Morgan fingerprint density at radius 3 is 2.87 bits per heavy atom. The van der Waals surface area contributed by atoms with E-state index in [1.165, 1.54) is 11.3 Å². The van der Waals surface area contributed by atoms with Crippen LogP contribution in [0.4, 0.5) is 5.95 Å². The van der Waals surface area contributed by atoms with Gasteiger partial charge in [-0.2, -0.15) is 0 Å². The number of thiophene rings is 1. The normalized spacial score (nSPS) is 17.9. The first kappa shape index (κ1) is 21.1. The van der Waals surface area contributed by atoms with Gasteiger partial charge in [0, 0.05) is 23.0 Å². The van der Waals surface area contributed by atoms with Gasteiger partial charge in [0.15, 0.2) is 0 Å². The van der Waals surface area contributed by atoms with Gasteiger partial charge in [0.2, 0.25) is 16.0 Å². The number of nitrogens with zero attached hydrogens (tertiary/aromatic N) is 2. The number of rotatable bonds is 5. The van der Waals surface area contributed by atoms with E-state index in [4.69, 9.17) is 4.74 Å². The summed E-state index contributed by atoms with van der Waals surface area (Å²) in [6.07, 6.45) is 1.74. The van der Waals surface area contributed by atoms with E-state index in [0.717, 1.165) is 27.9 Å². The third-order valence-electron chi connectivity index (χ3n) is 4.43. The molecule has 1 unspecified atom stereocenters. The molecule has 3 aromatic rings. The number of ether oxygens (including phenoxy) is 1. The van der Waals surface area contributed by atoms with Gasteiger partial charge in [0.05, 0.1) is 34.5 Å². The number of morpholine rings is 1. The molecule has 3 N–H and O–H groups in total. The molecule has 0 radical (unpaired) electrons. The molecule has 3 heterocycles. The molecule has 8 nitrogen and oxygen atoms in total. The van der Waals surface area contributed by atoms with Crippen molar-refractivity contribution in [2.75, 3.05) is 25.1 Å². The predicted octanol–water partition coefficient (Wildman–Crippen LogP) is 2.79. The molecule has 1 fully saturated rings. The Morgan fingerprint density at radius 2 is 2.13 bits per heavy atom. The molecular weight excluding hydrogens is 422 g/mol. The molecule has 0 saturated carbocycles. The van der Waals surface area contributed by atoms with Crippen molar-refractivity contribution in [3.63, 3.8) is 0 Å². The molecule has 0 spiro atoms. The Balaban J connectivity index is 1.67. The zero-order chi connectivity index (χ0) is 21.4. The van der Waals surface area contributed by atoms with Crippen molar-refractivity contribution in [1.29, 1.82) is 0 Å². The monoisotopic (exact) mass is 447 g/mol. The molecule has 30 heavy (non-hydrogen) atoms. The molecule has 10 heteroatoms. The molecule has 1 aromatic carbocycles. The summed E-state index contributed by atoms with van der Waals surface area (Å²) in [4.78, 5) is 9.30. The highest BCUT2D eigenvalue weighted by Gasteiger charge is 2.23. The summed E-state index contributed by atoms with van der Waals surface area (Å²) in [7, 11) is -3.63. The average molecular weight is 448 g/mol. The molecule has 4 rings (SSSR count). The van der Waals surface area contributed by atoms with Gasteiger partial charge in [0.25, 0.3) is 0 Å². The maximum absolute atomic E-state index is 12.7. The van der Waals surface area contributed by atoms with Gasteiger partial charge >= 0.3 is 0 Å². The first-order valence-corrected chi connectivity index (χ1v) is 12.0. The summed E-state index contributed by atoms with van der Waals surface area (Å²) < 4.78 is 34.6. The Morgan fingerprint density at radius 1 is 1.30 bits per heavy atom. The zero-order valence-electron chi connectivity index (χ0n) is 17.1. The van der Waals surface area contributed by atoms with Crippen LogP contribution >= 0.6 is 11.3 Å². The van der Waals surface area contributed by atoms with Crippen molar-refractivity contribution in [1.82, 2.24) is 20.0 Å². The lowest BCUT2D eigenvalue weighted by atomic mass is 10.1. The molecule has 2 aromatic heterocycles. The molecule has 0 bridgehead atoms. The average Bonchev–Trinajstić information content (AvgIpc) is 3.10. The minimum Gasteiger partial charge on any atom is -0.377 e. The van der Waals surface area contributed by atoms with Crippen molar-refractivity contribution < 1.29 is 13.2 Å². The fourth-order valence-corrected chi connectivity index (χ4v) is 5.55.